The molecule has 0 spiro atoms. The Morgan fingerprint density at radius 1 is 0.939 bits per heavy atom. The van der Waals surface area contributed by atoms with Gasteiger partial charge in [-0.2, -0.15) is 0 Å². The van der Waals surface area contributed by atoms with E-state index >= 15 is 0 Å². The lowest BCUT2D eigenvalue weighted by Crippen LogP contribution is -2.49. The summed E-state index contributed by atoms with van der Waals surface area (Å²) in [7, 11) is 0. The number of amides is 1. The minimum atomic E-state index is -1.82. The van der Waals surface area contributed by atoms with Crippen LogP contribution < -0.4 is 0 Å². The van der Waals surface area contributed by atoms with Gasteiger partial charge in [-0.05, 0) is 24.1 Å². The number of piperazine rings is 1. The number of aromatic amines is 1. The standard InChI is InChI=1S/C22H26N4O.C2H2O4/c1-2-18(17-8-4-3-5-9-17)22(27)26-14-12-25(13-15-26)16-21-23-19-10-6-7-11-20(19)24-21;3-1(4)2(5)6/h3-11,18H,2,12-16H2,1H3,(H,23,24);(H,3,4)(H,5,6). The van der Waals surface area contributed by atoms with Crippen molar-refractivity contribution in [2.24, 2.45) is 0 Å². The quantitative estimate of drug-likeness (QED) is 0.508. The maximum atomic E-state index is 13.0. The molecule has 1 amide bonds. The molecule has 9 heteroatoms. The first-order chi connectivity index (χ1) is 15.9. The number of carboxylic acid groups (broad SMARTS) is 2. The van der Waals surface area contributed by atoms with E-state index in [0.29, 0.717) is 0 Å². The zero-order chi connectivity index (χ0) is 23.8. The summed E-state index contributed by atoms with van der Waals surface area (Å²) in [6, 6.07) is 18.2. The number of aliphatic carboxylic acids is 2. The zero-order valence-electron chi connectivity index (χ0n) is 18.5. The van der Waals surface area contributed by atoms with Gasteiger partial charge in [-0.25, -0.2) is 14.6 Å². The van der Waals surface area contributed by atoms with Gasteiger partial charge in [0.25, 0.3) is 0 Å². The van der Waals surface area contributed by atoms with Crippen molar-refractivity contribution in [1.29, 1.82) is 0 Å². The molecule has 3 aromatic rings. The van der Waals surface area contributed by atoms with Gasteiger partial charge in [0.2, 0.25) is 5.91 Å². The van der Waals surface area contributed by atoms with Gasteiger partial charge < -0.3 is 20.1 Å². The molecule has 2 heterocycles. The van der Waals surface area contributed by atoms with Crippen molar-refractivity contribution in [3.63, 3.8) is 0 Å². The topological polar surface area (TPSA) is 127 Å². The number of H-pyrrole nitrogens is 1. The monoisotopic (exact) mass is 452 g/mol. The lowest BCUT2D eigenvalue weighted by molar-refractivity contribution is -0.159. The Morgan fingerprint density at radius 2 is 1.55 bits per heavy atom. The molecule has 0 saturated carbocycles. The predicted molar refractivity (Wildman–Crippen MR) is 123 cm³/mol. The van der Waals surface area contributed by atoms with Gasteiger partial charge in [-0.15, -0.1) is 0 Å². The molecule has 1 fully saturated rings. The molecule has 1 unspecified atom stereocenters. The number of nitrogens with zero attached hydrogens (tertiary/aromatic N) is 3. The Balaban J connectivity index is 0.000000454. The lowest BCUT2D eigenvalue weighted by atomic mass is 9.95. The van der Waals surface area contributed by atoms with Crippen molar-refractivity contribution < 1.29 is 24.6 Å². The highest BCUT2D eigenvalue weighted by Gasteiger charge is 2.27. The molecule has 1 aromatic heterocycles. The normalized spacial score (nSPS) is 14.9. The largest absolute Gasteiger partial charge is 0.473 e. The molecule has 1 atom stereocenters. The van der Waals surface area contributed by atoms with Crippen LogP contribution in [0.15, 0.2) is 54.6 Å². The third-order valence-corrected chi connectivity index (χ3v) is 5.59. The highest BCUT2D eigenvalue weighted by Crippen LogP contribution is 2.23. The number of benzene rings is 2. The van der Waals surface area contributed by atoms with Gasteiger partial charge in [0, 0.05) is 26.2 Å². The van der Waals surface area contributed by atoms with Gasteiger partial charge in [-0.1, -0.05) is 49.4 Å². The third-order valence-electron chi connectivity index (χ3n) is 5.59. The van der Waals surface area contributed by atoms with E-state index in [2.05, 4.69) is 40.0 Å². The molecule has 9 nitrogen and oxygen atoms in total. The summed E-state index contributed by atoms with van der Waals surface area (Å²) in [5.74, 6) is -2.43. The molecule has 1 aliphatic rings. The Kier molecular flexibility index (Phi) is 8.15. The Hall–Kier alpha value is -3.72. The summed E-state index contributed by atoms with van der Waals surface area (Å²) in [4.78, 5) is 43.6. The summed E-state index contributed by atoms with van der Waals surface area (Å²) in [6.07, 6.45) is 0.835. The number of aromatic nitrogens is 2. The molecular formula is C24H28N4O5. The summed E-state index contributed by atoms with van der Waals surface area (Å²) < 4.78 is 0. The molecule has 1 aliphatic heterocycles. The molecule has 1 saturated heterocycles. The average molecular weight is 453 g/mol. The smallest absolute Gasteiger partial charge is 0.414 e. The van der Waals surface area contributed by atoms with Crippen molar-refractivity contribution in [3.8, 4) is 0 Å². The molecule has 3 N–H and O–H groups in total. The number of rotatable bonds is 5. The first-order valence-corrected chi connectivity index (χ1v) is 10.8. The maximum absolute atomic E-state index is 13.0. The third kappa shape index (κ3) is 6.39. The van der Waals surface area contributed by atoms with Crippen molar-refractivity contribution in [3.05, 3.63) is 66.0 Å². The lowest BCUT2D eigenvalue weighted by Gasteiger charge is -2.36. The minimum Gasteiger partial charge on any atom is -0.473 e. The summed E-state index contributed by atoms with van der Waals surface area (Å²) in [5, 5.41) is 14.8. The van der Waals surface area contributed by atoms with Crippen LogP contribution in [0.2, 0.25) is 0 Å². The molecule has 0 bridgehead atoms. The number of carbonyl (C=O) groups excluding carboxylic acids is 1. The molecule has 174 valence electrons. The number of imidazole rings is 1. The zero-order valence-corrected chi connectivity index (χ0v) is 18.5. The highest BCUT2D eigenvalue weighted by atomic mass is 16.4. The van der Waals surface area contributed by atoms with Crippen LogP contribution in [0.5, 0.6) is 0 Å². The van der Waals surface area contributed by atoms with Gasteiger partial charge in [-0.3, -0.25) is 9.69 Å². The van der Waals surface area contributed by atoms with Crippen LogP contribution in [0.1, 0.15) is 30.7 Å². The Labute approximate surface area is 191 Å². The van der Waals surface area contributed by atoms with Crippen LogP contribution in [0.4, 0.5) is 0 Å². The SMILES string of the molecule is CCC(C(=O)N1CCN(Cc2nc3ccccc3[nH]2)CC1)c1ccccc1.O=C(O)C(=O)O. The number of carbonyl (C=O) groups is 3. The molecule has 2 aromatic carbocycles. The van der Waals surface area contributed by atoms with Crippen LogP contribution in [0, 0.1) is 0 Å². The van der Waals surface area contributed by atoms with E-state index in [1.54, 1.807) is 0 Å². The number of hydrogen-bond donors (Lipinski definition) is 3. The summed E-state index contributed by atoms with van der Waals surface area (Å²) >= 11 is 0. The van der Waals surface area contributed by atoms with Gasteiger partial charge in [0.1, 0.15) is 5.82 Å². The first kappa shape index (κ1) is 23.9. The second-order valence-corrected chi connectivity index (χ2v) is 7.78. The van der Waals surface area contributed by atoms with E-state index in [9.17, 15) is 4.79 Å². The summed E-state index contributed by atoms with van der Waals surface area (Å²) in [5.41, 5.74) is 3.21. The summed E-state index contributed by atoms with van der Waals surface area (Å²) in [6.45, 7) is 6.22. The fourth-order valence-corrected chi connectivity index (χ4v) is 3.88. The second-order valence-electron chi connectivity index (χ2n) is 7.78. The number of nitrogens with one attached hydrogen (secondary N) is 1. The minimum absolute atomic E-state index is 0.0341. The second kappa shape index (κ2) is 11.2. The van der Waals surface area contributed by atoms with E-state index < -0.39 is 11.9 Å². The number of hydrogen-bond acceptors (Lipinski definition) is 5. The van der Waals surface area contributed by atoms with Crippen molar-refractivity contribution in [2.75, 3.05) is 26.2 Å². The first-order valence-electron chi connectivity index (χ1n) is 10.8. The maximum Gasteiger partial charge on any atom is 0.414 e. The van der Waals surface area contributed by atoms with E-state index in [0.717, 1.165) is 61.6 Å². The van der Waals surface area contributed by atoms with Crippen LogP contribution in [0.3, 0.4) is 0 Å². The number of fused-ring (bicyclic) bond motifs is 1. The van der Waals surface area contributed by atoms with Crippen LogP contribution in [-0.4, -0.2) is 74.0 Å². The van der Waals surface area contributed by atoms with Crippen molar-refractivity contribution in [2.45, 2.75) is 25.8 Å². The van der Waals surface area contributed by atoms with E-state index in [1.807, 2.05) is 41.3 Å². The average Bonchev–Trinajstić information content (AvgIpc) is 3.23. The number of para-hydroxylation sites is 2. The predicted octanol–water partition coefficient (Wildman–Crippen LogP) is 2.56. The van der Waals surface area contributed by atoms with Crippen LogP contribution in [-0.2, 0) is 20.9 Å². The molecule has 33 heavy (non-hydrogen) atoms. The van der Waals surface area contributed by atoms with Gasteiger partial charge in [0.05, 0.1) is 23.5 Å². The Morgan fingerprint density at radius 3 is 2.12 bits per heavy atom. The fraction of sp³-hybridized carbons (Fsp3) is 0.333. The molecule has 0 radical (unpaired) electrons. The van der Waals surface area contributed by atoms with Gasteiger partial charge in [0.15, 0.2) is 0 Å². The van der Waals surface area contributed by atoms with E-state index in [4.69, 9.17) is 19.8 Å². The molecule has 4 rings (SSSR count). The molecule has 0 aliphatic carbocycles. The van der Waals surface area contributed by atoms with Crippen LogP contribution in [0.25, 0.3) is 11.0 Å². The van der Waals surface area contributed by atoms with E-state index in [-0.39, 0.29) is 11.8 Å². The van der Waals surface area contributed by atoms with Gasteiger partial charge >= 0.3 is 11.9 Å². The van der Waals surface area contributed by atoms with Crippen molar-refractivity contribution >= 4 is 28.9 Å². The number of carboxylic acids is 2. The van der Waals surface area contributed by atoms with Crippen LogP contribution >= 0.6 is 0 Å². The Bertz CT molecular complexity index is 1050. The van der Waals surface area contributed by atoms with E-state index in [1.165, 1.54) is 0 Å². The fourth-order valence-electron chi connectivity index (χ4n) is 3.88. The molecular weight excluding hydrogens is 424 g/mol. The highest BCUT2D eigenvalue weighted by molar-refractivity contribution is 6.27. The van der Waals surface area contributed by atoms with Crippen molar-refractivity contribution in [1.82, 2.24) is 19.8 Å².